The van der Waals surface area contributed by atoms with Crippen molar-refractivity contribution < 1.29 is 19.1 Å². The summed E-state index contributed by atoms with van der Waals surface area (Å²) in [6.45, 7) is 2.95. The van der Waals surface area contributed by atoms with Gasteiger partial charge in [-0.25, -0.2) is 0 Å². The minimum atomic E-state index is -0.755. The van der Waals surface area contributed by atoms with Crippen LogP contribution in [0.3, 0.4) is 0 Å². The van der Waals surface area contributed by atoms with Crippen LogP contribution in [0.1, 0.15) is 42.1 Å². The predicted molar refractivity (Wildman–Crippen MR) is 117 cm³/mol. The number of hydrogen-bond donors (Lipinski definition) is 4. The fourth-order valence-electron chi connectivity index (χ4n) is 4.17. The Hall–Kier alpha value is -3.55. The molecule has 1 fully saturated rings. The molecule has 31 heavy (non-hydrogen) atoms. The zero-order chi connectivity index (χ0) is 22.0. The van der Waals surface area contributed by atoms with Gasteiger partial charge in [-0.2, -0.15) is 0 Å². The predicted octanol–water partition coefficient (Wildman–Crippen LogP) is 2.15. The highest BCUT2D eigenvalue weighted by Crippen LogP contribution is 2.43. The van der Waals surface area contributed by atoms with Crippen molar-refractivity contribution in [1.29, 1.82) is 0 Å². The van der Waals surface area contributed by atoms with E-state index in [4.69, 9.17) is 10.5 Å². The van der Waals surface area contributed by atoms with Gasteiger partial charge in [0.1, 0.15) is 11.8 Å². The number of benzene rings is 2. The molecule has 2 unspecified atom stereocenters. The minimum absolute atomic E-state index is 0.159. The van der Waals surface area contributed by atoms with E-state index in [9.17, 15) is 14.4 Å². The molecule has 2 atom stereocenters. The summed E-state index contributed by atoms with van der Waals surface area (Å²) in [6.07, 6.45) is 2.14. The number of unbranched alkanes of at least 4 members (excludes halogenated alkanes) is 1. The molecule has 0 aliphatic carbocycles. The van der Waals surface area contributed by atoms with Gasteiger partial charge < -0.3 is 26.4 Å². The Morgan fingerprint density at radius 1 is 1.26 bits per heavy atom. The molecule has 4 rings (SSSR count). The SMILES string of the molecule is CCCCOc1cc(C(N)=O)ccc1NC(=O)C1CC2(CNc3ccccc32)C(=O)N1. The summed E-state index contributed by atoms with van der Waals surface area (Å²) in [5, 5.41) is 8.96. The zero-order valence-electron chi connectivity index (χ0n) is 17.4. The van der Waals surface area contributed by atoms with Crippen molar-refractivity contribution in [2.24, 2.45) is 5.73 Å². The van der Waals surface area contributed by atoms with E-state index < -0.39 is 17.4 Å². The molecule has 2 heterocycles. The van der Waals surface area contributed by atoms with E-state index in [1.54, 1.807) is 6.07 Å². The van der Waals surface area contributed by atoms with E-state index >= 15 is 0 Å². The number of anilines is 2. The summed E-state index contributed by atoms with van der Waals surface area (Å²) in [5.74, 6) is -0.684. The highest BCUT2D eigenvalue weighted by molar-refractivity contribution is 6.04. The summed E-state index contributed by atoms with van der Waals surface area (Å²) in [4.78, 5) is 37.4. The highest BCUT2D eigenvalue weighted by Gasteiger charge is 2.53. The van der Waals surface area contributed by atoms with E-state index in [0.717, 1.165) is 24.1 Å². The van der Waals surface area contributed by atoms with Gasteiger partial charge in [0, 0.05) is 17.8 Å². The largest absolute Gasteiger partial charge is 0.491 e. The van der Waals surface area contributed by atoms with Gasteiger partial charge in [0.05, 0.1) is 17.7 Å². The number of ether oxygens (including phenoxy) is 1. The number of hydrogen-bond acceptors (Lipinski definition) is 5. The second-order valence-corrected chi connectivity index (χ2v) is 7.98. The lowest BCUT2D eigenvalue weighted by Crippen LogP contribution is -2.39. The van der Waals surface area contributed by atoms with Crippen LogP contribution in [0.2, 0.25) is 0 Å². The average Bonchev–Trinajstić information content (AvgIpc) is 3.30. The number of amides is 3. The Morgan fingerprint density at radius 3 is 2.84 bits per heavy atom. The van der Waals surface area contributed by atoms with Gasteiger partial charge >= 0.3 is 0 Å². The summed E-state index contributed by atoms with van der Waals surface area (Å²) in [7, 11) is 0. The molecule has 1 saturated heterocycles. The quantitative estimate of drug-likeness (QED) is 0.509. The first kappa shape index (κ1) is 20.7. The van der Waals surface area contributed by atoms with Crippen LogP contribution in [-0.2, 0) is 15.0 Å². The first-order chi connectivity index (χ1) is 14.9. The van der Waals surface area contributed by atoms with Crippen LogP contribution < -0.4 is 26.4 Å². The maximum absolute atomic E-state index is 13.0. The van der Waals surface area contributed by atoms with Gasteiger partial charge in [-0.3, -0.25) is 14.4 Å². The smallest absolute Gasteiger partial charge is 0.248 e. The molecule has 2 aromatic rings. The van der Waals surface area contributed by atoms with Gasteiger partial charge in [-0.05, 0) is 42.7 Å². The first-order valence-electron chi connectivity index (χ1n) is 10.5. The Labute approximate surface area is 180 Å². The van der Waals surface area contributed by atoms with Gasteiger partial charge in [-0.15, -0.1) is 0 Å². The third kappa shape index (κ3) is 3.81. The van der Waals surface area contributed by atoms with E-state index in [-0.39, 0.29) is 11.8 Å². The number of primary amides is 1. The number of para-hydroxylation sites is 1. The van der Waals surface area contributed by atoms with Gasteiger partial charge in [0.2, 0.25) is 17.7 Å². The van der Waals surface area contributed by atoms with Crippen molar-refractivity contribution in [1.82, 2.24) is 5.32 Å². The lowest BCUT2D eigenvalue weighted by atomic mass is 9.79. The topological polar surface area (TPSA) is 123 Å². The number of carbonyl (C=O) groups excluding carboxylic acids is 3. The fraction of sp³-hybridized carbons (Fsp3) is 0.348. The third-order valence-corrected chi connectivity index (χ3v) is 5.91. The van der Waals surface area contributed by atoms with Crippen LogP contribution in [0.4, 0.5) is 11.4 Å². The molecular formula is C23H26N4O4. The summed E-state index contributed by atoms with van der Waals surface area (Å²) >= 11 is 0. The molecule has 162 valence electrons. The standard InChI is InChI=1S/C23H26N4O4/c1-2-3-10-31-19-11-14(20(24)28)8-9-17(19)26-21(29)18-12-23(22(30)27-18)13-25-16-7-5-4-6-15(16)23/h4-9,11,18,25H,2-3,10,12-13H2,1H3,(H2,24,28)(H,26,29)(H,27,30). The van der Waals surface area contributed by atoms with Crippen LogP contribution in [-0.4, -0.2) is 36.9 Å². The van der Waals surface area contributed by atoms with Crippen molar-refractivity contribution >= 4 is 29.1 Å². The Balaban J connectivity index is 1.52. The highest BCUT2D eigenvalue weighted by atomic mass is 16.5. The number of nitrogens with one attached hydrogen (secondary N) is 3. The van der Waals surface area contributed by atoms with Crippen molar-refractivity contribution in [2.75, 3.05) is 23.8 Å². The maximum Gasteiger partial charge on any atom is 0.248 e. The van der Waals surface area contributed by atoms with Gasteiger partial charge in [0.15, 0.2) is 0 Å². The van der Waals surface area contributed by atoms with Crippen molar-refractivity contribution in [2.45, 2.75) is 37.6 Å². The zero-order valence-corrected chi connectivity index (χ0v) is 17.4. The van der Waals surface area contributed by atoms with Crippen molar-refractivity contribution in [3.8, 4) is 5.75 Å². The second kappa shape index (κ2) is 8.29. The minimum Gasteiger partial charge on any atom is -0.491 e. The molecule has 3 amide bonds. The lowest BCUT2D eigenvalue weighted by molar-refractivity contribution is -0.125. The van der Waals surface area contributed by atoms with E-state index in [1.807, 2.05) is 31.2 Å². The Kier molecular flexibility index (Phi) is 5.54. The lowest BCUT2D eigenvalue weighted by Gasteiger charge is -2.20. The van der Waals surface area contributed by atoms with E-state index in [1.165, 1.54) is 12.1 Å². The molecule has 8 nitrogen and oxygen atoms in total. The molecular weight excluding hydrogens is 396 g/mol. The monoisotopic (exact) mass is 422 g/mol. The molecule has 2 aliphatic heterocycles. The van der Waals surface area contributed by atoms with Crippen LogP contribution in [0.5, 0.6) is 5.75 Å². The van der Waals surface area contributed by atoms with Crippen LogP contribution in [0.25, 0.3) is 0 Å². The maximum atomic E-state index is 13.0. The molecule has 5 N–H and O–H groups in total. The first-order valence-corrected chi connectivity index (χ1v) is 10.5. The molecule has 0 bridgehead atoms. The van der Waals surface area contributed by atoms with E-state index in [2.05, 4.69) is 16.0 Å². The summed E-state index contributed by atoms with van der Waals surface area (Å²) < 4.78 is 5.77. The number of carbonyl (C=O) groups is 3. The fourth-order valence-corrected chi connectivity index (χ4v) is 4.17. The molecule has 1 spiro atoms. The van der Waals surface area contributed by atoms with E-state index in [0.29, 0.717) is 36.6 Å². The molecule has 8 heteroatoms. The summed E-state index contributed by atoms with van der Waals surface area (Å²) in [6, 6.07) is 11.7. The molecule has 2 aliphatic rings. The normalized spacial score (nSPS) is 21.3. The second-order valence-electron chi connectivity index (χ2n) is 7.98. The molecule has 0 radical (unpaired) electrons. The third-order valence-electron chi connectivity index (χ3n) is 5.91. The van der Waals surface area contributed by atoms with Gasteiger partial charge in [-0.1, -0.05) is 31.5 Å². The molecule has 2 aromatic carbocycles. The Bertz CT molecular complexity index is 1040. The number of rotatable bonds is 7. The Morgan fingerprint density at radius 2 is 2.06 bits per heavy atom. The molecule has 0 aromatic heterocycles. The number of nitrogens with two attached hydrogens (primary N) is 1. The van der Waals surface area contributed by atoms with Crippen LogP contribution in [0, 0.1) is 0 Å². The van der Waals surface area contributed by atoms with Crippen LogP contribution >= 0.6 is 0 Å². The molecule has 0 saturated carbocycles. The van der Waals surface area contributed by atoms with Crippen LogP contribution in [0.15, 0.2) is 42.5 Å². The van der Waals surface area contributed by atoms with Crippen molar-refractivity contribution in [3.63, 3.8) is 0 Å². The van der Waals surface area contributed by atoms with Crippen molar-refractivity contribution in [3.05, 3.63) is 53.6 Å². The average molecular weight is 422 g/mol. The van der Waals surface area contributed by atoms with Gasteiger partial charge in [0.25, 0.3) is 0 Å². The number of fused-ring (bicyclic) bond motifs is 2. The summed E-state index contributed by atoms with van der Waals surface area (Å²) in [5.41, 5.74) is 7.19.